The first-order valence-electron chi connectivity index (χ1n) is 2.90. The van der Waals surface area contributed by atoms with Crippen molar-refractivity contribution in [2.24, 2.45) is 5.73 Å². The molecule has 0 aromatic carbocycles. The molecule has 58 valence electrons. The van der Waals surface area contributed by atoms with Crippen LogP contribution in [0.15, 0.2) is 0 Å². The lowest BCUT2D eigenvalue weighted by Gasteiger charge is -1.98. The second-order valence-electron chi connectivity index (χ2n) is 1.61. The average molecular weight is 161 g/mol. The summed E-state index contributed by atoms with van der Waals surface area (Å²) in [5.41, 5.74) is 5.00. The lowest BCUT2D eigenvalue weighted by atomic mass is 10.6. The second kappa shape index (κ2) is 5.10. The molecule has 0 fully saturated rings. The lowest BCUT2D eigenvalue weighted by Crippen LogP contribution is -2.25. The van der Waals surface area contributed by atoms with Crippen LogP contribution in [0.5, 0.6) is 0 Å². The topological polar surface area (TPSA) is 79.0 Å². The first-order chi connectivity index (χ1) is 4.66. The Hall–Kier alpha value is -0.710. The van der Waals surface area contributed by atoms with Crippen LogP contribution in [-0.2, 0) is 4.79 Å². The third-order valence-corrected chi connectivity index (χ3v) is 1.45. The summed E-state index contributed by atoms with van der Waals surface area (Å²) < 4.78 is 0. The molecule has 0 aliphatic carbocycles. The summed E-state index contributed by atoms with van der Waals surface area (Å²) in [5.74, 6) is 0.158. The Morgan fingerprint density at radius 2 is 2.40 bits per heavy atom. The van der Waals surface area contributed by atoms with Gasteiger partial charge in [0.25, 0.3) is 0 Å². The molecule has 0 heterocycles. The smallest absolute Gasteiger partial charge is 0.230 e. The Labute approximate surface area is 64.1 Å². The van der Waals surface area contributed by atoms with E-state index in [1.807, 2.05) is 6.92 Å². The van der Waals surface area contributed by atoms with E-state index in [-0.39, 0.29) is 16.8 Å². The standard InChI is InChI=1S/C5H11N3OS/c1-2-8-4(9)3-10-5(6)7/h2-3H2,1H3,(H3,6,7)(H,8,9). The Morgan fingerprint density at radius 1 is 1.80 bits per heavy atom. The fourth-order valence-electron chi connectivity index (χ4n) is 0.391. The van der Waals surface area contributed by atoms with Crippen LogP contribution >= 0.6 is 11.8 Å². The number of amides is 1. The van der Waals surface area contributed by atoms with Crippen molar-refractivity contribution in [3.05, 3.63) is 0 Å². The SMILES string of the molecule is CCNC(=O)CSC(=N)N. The molecule has 10 heavy (non-hydrogen) atoms. The van der Waals surface area contributed by atoms with Crippen LogP contribution in [0.3, 0.4) is 0 Å². The number of rotatable bonds is 3. The Morgan fingerprint density at radius 3 is 2.80 bits per heavy atom. The third-order valence-electron chi connectivity index (χ3n) is 0.733. The van der Waals surface area contributed by atoms with Crippen molar-refractivity contribution >= 4 is 22.8 Å². The summed E-state index contributed by atoms with van der Waals surface area (Å²) in [6.45, 7) is 2.47. The molecular weight excluding hydrogens is 150 g/mol. The van der Waals surface area contributed by atoms with Crippen molar-refractivity contribution in [1.29, 1.82) is 5.41 Å². The normalized spacial score (nSPS) is 8.90. The van der Waals surface area contributed by atoms with Crippen molar-refractivity contribution in [3.8, 4) is 0 Å². The highest BCUT2D eigenvalue weighted by atomic mass is 32.2. The molecule has 0 saturated heterocycles. The van der Waals surface area contributed by atoms with Gasteiger partial charge in [-0.25, -0.2) is 0 Å². The van der Waals surface area contributed by atoms with Gasteiger partial charge in [0.15, 0.2) is 5.17 Å². The fraction of sp³-hybridized carbons (Fsp3) is 0.600. The molecule has 0 aliphatic heterocycles. The maximum Gasteiger partial charge on any atom is 0.230 e. The van der Waals surface area contributed by atoms with Crippen LogP contribution < -0.4 is 11.1 Å². The Bertz CT molecular complexity index is 137. The molecule has 5 heteroatoms. The molecule has 0 atom stereocenters. The van der Waals surface area contributed by atoms with E-state index in [9.17, 15) is 4.79 Å². The number of nitrogens with one attached hydrogen (secondary N) is 2. The maximum atomic E-state index is 10.7. The molecule has 0 bridgehead atoms. The molecule has 4 nitrogen and oxygen atoms in total. The number of hydrogen-bond donors (Lipinski definition) is 3. The number of nitrogens with two attached hydrogens (primary N) is 1. The molecule has 1 amide bonds. The second-order valence-corrected chi connectivity index (χ2v) is 2.62. The van der Waals surface area contributed by atoms with E-state index in [1.165, 1.54) is 0 Å². The molecule has 0 rings (SSSR count). The van der Waals surface area contributed by atoms with Crippen molar-refractivity contribution in [2.45, 2.75) is 6.92 Å². The van der Waals surface area contributed by atoms with E-state index in [4.69, 9.17) is 11.1 Å². The molecular formula is C5H11N3OS. The van der Waals surface area contributed by atoms with Crippen LogP contribution in [0.25, 0.3) is 0 Å². The molecule has 0 aromatic heterocycles. The van der Waals surface area contributed by atoms with E-state index in [1.54, 1.807) is 0 Å². The lowest BCUT2D eigenvalue weighted by molar-refractivity contribution is -0.118. The fourth-order valence-corrected chi connectivity index (χ4v) is 0.780. The molecule has 4 N–H and O–H groups in total. The zero-order chi connectivity index (χ0) is 7.98. The molecule has 0 spiro atoms. The maximum absolute atomic E-state index is 10.7. The summed E-state index contributed by atoms with van der Waals surface area (Å²) in [6, 6.07) is 0. The van der Waals surface area contributed by atoms with Crippen LogP contribution in [-0.4, -0.2) is 23.4 Å². The van der Waals surface area contributed by atoms with E-state index in [0.717, 1.165) is 11.8 Å². The van der Waals surface area contributed by atoms with Crippen molar-refractivity contribution in [2.75, 3.05) is 12.3 Å². The van der Waals surface area contributed by atoms with E-state index >= 15 is 0 Å². The average Bonchev–Trinajstić information content (AvgIpc) is 1.85. The highest BCUT2D eigenvalue weighted by molar-refractivity contribution is 8.14. The first-order valence-corrected chi connectivity index (χ1v) is 3.89. The Kier molecular flexibility index (Phi) is 4.74. The zero-order valence-corrected chi connectivity index (χ0v) is 6.62. The predicted molar refractivity (Wildman–Crippen MR) is 43.1 cm³/mol. The van der Waals surface area contributed by atoms with Gasteiger partial charge in [0.05, 0.1) is 5.75 Å². The van der Waals surface area contributed by atoms with E-state index in [2.05, 4.69) is 5.32 Å². The molecule has 0 aromatic rings. The summed E-state index contributed by atoms with van der Waals surface area (Å²) >= 11 is 1.03. The minimum Gasteiger partial charge on any atom is -0.379 e. The summed E-state index contributed by atoms with van der Waals surface area (Å²) in [6.07, 6.45) is 0. The van der Waals surface area contributed by atoms with Gasteiger partial charge >= 0.3 is 0 Å². The van der Waals surface area contributed by atoms with Gasteiger partial charge in [-0.15, -0.1) is 0 Å². The summed E-state index contributed by atoms with van der Waals surface area (Å²) in [4.78, 5) is 10.7. The van der Waals surface area contributed by atoms with Gasteiger partial charge in [0.1, 0.15) is 0 Å². The van der Waals surface area contributed by atoms with Gasteiger partial charge in [-0.05, 0) is 6.92 Å². The minimum absolute atomic E-state index is 0.0220. The van der Waals surface area contributed by atoms with Crippen molar-refractivity contribution < 1.29 is 4.79 Å². The number of carbonyl (C=O) groups is 1. The van der Waals surface area contributed by atoms with Crippen LogP contribution in [0.2, 0.25) is 0 Å². The minimum atomic E-state index is -0.0808. The Balaban J connectivity index is 3.30. The molecule has 0 saturated carbocycles. The first kappa shape index (κ1) is 9.29. The van der Waals surface area contributed by atoms with Crippen molar-refractivity contribution in [1.82, 2.24) is 5.32 Å². The number of hydrogen-bond acceptors (Lipinski definition) is 3. The quantitative estimate of drug-likeness (QED) is 0.394. The highest BCUT2D eigenvalue weighted by Gasteiger charge is 1.99. The summed E-state index contributed by atoms with van der Waals surface area (Å²) in [7, 11) is 0. The number of thioether (sulfide) groups is 1. The monoisotopic (exact) mass is 161 g/mol. The van der Waals surface area contributed by atoms with E-state index < -0.39 is 0 Å². The largest absolute Gasteiger partial charge is 0.379 e. The van der Waals surface area contributed by atoms with Crippen LogP contribution in [0.4, 0.5) is 0 Å². The van der Waals surface area contributed by atoms with Gasteiger partial charge in [-0.2, -0.15) is 0 Å². The molecule has 0 aliphatic rings. The number of carbonyl (C=O) groups excluding carboxylic acids is 1. The van der Waals surface area contributed by atoms with Gasteiger partial charge in [0, 0.05) is 6.54 Å². The van der Waals surface area contributed by atoms with E-state index in [0.29, 0.717) is 6.54 Å². The van der Waals surface area contributed by atoms with Gasteiger partial charge in [0.2, 0.25) is 5.91 Å². The van der Waals surface area contributed by atoms with Gasteiger partial charge in [-0.3, -0.25) is 10.2 Å². The summed E-state index contributed by atoms with van der Waals surface area (Å²) in [5, 5.41) is 9.35. The third kappa shape index (κ3) is 5.43. The highest BCUT2D eigenvalue weighted by Crippen LogP contribution is 1.95. The van der Waals surface area contributed by atoms with Gasteiger partial charge < -0.3 is 11.1 Å². The molecule has 0 radical (unpaired) electrons. The predicted octanol–water partition coefficient (Wildman–Crippen LogP) is -0.251. The number of amidine groups is 1. The molecule has 0 unspecified atom stereocenters. The zero-order valence-electron chi connectivity index (χ0n) is 5.81. The van der Waals surface area contributed by atoms with Crippen molar-refractivity contribution in [3.63, 3.8) is 0 Å². The van der Waals surface area contributed by atoms with Crippen LogP contribution in [0, 0.1) is 5.41 Å². The van der Waals surface area contributed by atoms with Crippen LogP contribution in [0.1, 0.15) is 6.92 Å². The van der Waals surface area contributed by atoms with Gasteiger partial charge in [-0.1, -0.05) is 11.8 Å².